The molecule has 6 aromatic rings. The van der Waals surface area contributed by atoms with Crippen LogP contribution < -0.4 is 10.6 Å². The molecule has 4 atom stereocenters. The first-order valence-electron chi connectivity index (χ1n) is 20.7. The first-order valence-corrected chi connectivity index (χ1v) is 20.7. The van der Waals surface area contributed by atoms with Crippen molar-refractivity contribution in [3.63, 3.8) is 0 Å². The summed E-state index contributed by atoms with van der Waals surface area (Å²) in [5.74, 6) is 0.973. The number of H-pyrrole nitrogens is 2. The van der Waals surface area contributed by atoms with Crippen molar-refractivity contribution >= 4 is 34.8 Å². The zero-order valence-electron chi connectivity index (χ0n) is 34.7. The number of rotatable bonds is 11. The Kier molecular flexibility index (Phi) is 11.9. The van der Waals surface area contributed by atoms with Gasteiger partial charge in [-0.25, -0.2) is 19.6 Å². The molecule has 2 fully saturated rings. The number of nitrogens with one attached hydrogen (secondary N) is 4. The molecule has 14 nitrogen and oxygen atoms in total. The van der Waals surface area contributed by atoms with Gasteiger partial charge in [0.2, 0.25) is 5.91 Å². The summed E-state index contributed by atoms with van der Waals surface area (Å²) in [6.45, 7) is 4.95. The van der Waals surface area contributed by atoms with Crippen LogP contribution in [0.3, 0.4) is 0 Å². The fourth-order valence-electron chi connectivity index (χ4n) is 8.52. The second-order valence-electron chi connectivity index (χ2n) is 15.9. The Morgan fingerprint density at radius 3 is 1.74 bits per heavy atom. The summed E-state index contributed by atoms with van der Waals surface area (Å²) in [5.41, 5.74) is 6.52. The quantitative estimate of drug-likeness (QED) is 0.101. The first kappa shape index (κ1) is 40.8. The molecular formula is C47H50N8O6. The molecule has 2 aliphatic heterocycles. The van der Waals surface area contributed by atoms with Crippen molar-refractivity contribution < 1.29 is 28.7 Å². The largest absolute Gasteiger partial charge is 0.453 e. The fraction of sp³-hybridized carbons (Fsp3) is 0.319. The van der Waals surface area contributed by atoms with Gasteiger partial charge in [0.05, 0.1) is 50.1 Å². The van der Waals surface area contributed by atoms with E-state index < -0.39 is 24.3 Å². The Balaban J connectivity index is 0.943. The second-order valence-corrected chi connectivity index (χ2v) is 15.9. The Labute approximate surface area is 354 Å². The molecule has 2 aromatic heterocycles. The maximum absolute atomic E-state index is 13.9. The number of alkyl carbamates (subject to hydrolysis) is 2. The van der Waals surface area contributed by atoms with E-state index in [2.05, 4.69) is 81.3 Å². The lowest BCUT2D eigenvalue weighted by Gasteiger charge is -2.30. The van der Waals surface area contributed by atoms with Gasteiger partial charge in [-0.15, -0.1) is 0 Å². The highest BCUT2D eigenvalue weighted by molar-refractivity contribution is 5.91. The second kappa shape index (κ2) is 17.7. The highest BCUT2D eigenvalue weighted by Crippen LogP contribution is 2.36. The molecule has 314 valence electrons. The maximum atomic E-state index is 13.9. The number of aromatic nitrogens is 4. The molecular weight excluding hydrogens is 773 g/mol. The zero-order chi connectivity index (χ0) is 42.6. The monoisotopic (exact) mass is 822 g/mol. The van der Waals surface area contributed by atoms with Crippen LogP contribution in [0.15, 0.2) is 103 Å². The molecule has 0 bridgehead atoms. The lowest BCUT2D eigenvalue weighted by molar-refractivity contribution is -0.135. The van der Waals surface area contributed by atoms with E-state index in [-0.39, 0.29) is 29.8 Å². The summed E-state index contributed by atoms with van der Waals surface area (Å²) >= 11 is 0. The number of imidazole rings is 2. The lowest BCUT2D eigenvalue weighted by atomic mass is 9.98. The SMILES string of the molecule is COC(=O)NC(C(=O)N1CCC[C@H]1c1ncc(-c2ccc3cc(-c4ccc(-c5cnc([C@@H]6CCCN6C(=O)[C@@H](NC(=O)OC)C(C)C)[nH]5)cc4)ccc3c2)[nH]1)c1ccccc1. The van der Waals surface area contributed by atoms with Crippen LogP contribution in [0.1, 0.15) is 74.9 Å². The van der Waals surface area contributed by atoms with Crippen molar-refractivity contribution in [2.24, 2.45) is 5.92 Å². The van der Waals surface area contributed by atoms with Gasteiger partial charge in [0.1, 0.15) is 23.7 Å². The molecule has 4 heterocycles. The van der Waals surface area contributed by atoms with Gasteiger partial charge in [0.15, 0.2) is 0 Å². The molecule has 8 rings (SSSR count). The molecule has 14 heteroatoms. The molecule has 0 spiro atoms. The third-order valence-corrected chi connectivity index (χ3v) is 11.8. The molecule has 0 radical (unpaired) electrons. The van der Waals surface area contributed by atoms with Gasteiger partial charge in [0.25, 0.3) is 5.91 Å². The highest BCUT2D eigenvalue weighted by atomic mass is 16.5. The van der Waals surface area contributed by atoms with Gasteiger partial charge >= 0.3 is 12.2 Å². The number of methoxy groups -OCH3 is 2. The number of likely N-dealkylation sites (tertiary alicyclic amines) is 2. The van der Waals surface area contributed by atoms with E-state index in [1.54, 1.807) is 4.90 Å². The van der Waals surface area contributed by atoms with Crippen molar-refractivity contribution in [2.75, 3.05) is 27.3 Å². The van der Waals surface area contributed by atoms with Crippen molar-refractivity contribution in [3.05, 3.63) is 121 Å². The van der Waals surface area contributed by atoms with E-state index in [0.29, 0.717) is 24.5 Å². The Morgan fingerprint density at radius 1 is 0.639 bits per heavy atom. The minimum atomic E-state index is -0.881. The summed E-state index contributed by atoms with van der Waals surface area (Å²) < 4.78 is 9.60. The topological polar surface area (TPSA) is 175 Å². The Morgan fingerprint density at radius 2 is 1.15 bits per heavy atom. The number of ether oxygens (including phenoxy) is 2. The molecule has 0 saturated carbocycles. The van der Waals surface area contributed by atoms with Gasteiger partial charge in [-0.1, -0.05) is 92.7 Å². The number of benzene rings is 4. The van der Waals surface area contributed by atoms with Crippen LogP contribution >= 0.6 is 0 Å². The van der Waals surface area contributed by atoms with Crippen LogP contribution in [-0.4, -0.2) is 87.1 Å². The normalized spacial score (nSPS) is 17.3. The van der Waals surface area contributed by atoms with Crippen LogP contribution in [-0.2, 0) is 19.1 Å². The zero-order valence-corrected chi connectivity index (χ0v) is 34.7. The molecule has 0 aliphatic carbocycles. The van der Waals surface area contributed by atoms with E-state index in [0.717, 1.165) is 75.9 Å². The number of hydrogen-bond donors (Lipinski definition) is 4. The van der Waals surface area contributed by atoms with Gasteiger partial charge in [-0.3, -0.25) is 9.59 Å². The van der Waals surface area contributed by atoms with Crippen LogP contribution in [0.4, 0.5) is 9.59 Å². The number of fused-ring (bicyclic) bond motifs is 1. The lowest BCUT2D eigenvalue weighted by Crippen LogP contribution is -2.51. The predicted molar refractivity (Wildman–Crippen MR) is 231 cm³/mol. The number of amides is 4. The fourth-order valence-corrected chi connectivity index (χ4v) is 8.52. The van der Waals surface area contributed by atoms with E-state index in [1.807, 2.05) is 61.5 Å². The maximum Gasteiger partial charge on any atom is 0.407 e. The van der Waals surface area contributed by atoms with Gasteiger partial charge in [-0.05, 0) is 76.8 Å². The summed E-state index contributed by atoms with van der Waals surface area (Å²) in [6.07, 6.45) is 5.53. The predicted octanol–water partition coefficient (Wildman–Crippen LogP) is 8.09. The third kappa shape index (κ3) is 8.56. The van der Waals surface area contributed by atoms with Crippen LogP contribution in [0.5, 0.6) is 0 Å². The average molecular weight is 823 g/mol. The van der Waals surface area contributed by atoms with Crippen molar-refractivity contribution in [1.82, 2.24) is 40.4 Å². The first-order chi connectivity index (χ1) is 29.6. The minimum Gasteiger partial charge on any atom is -0.453 e. The summed E-state index contributed by atoms with van der Waals surface area (Å²) in [5, 5.41) is 7.60. The minimum absolute atomic E-state index is 0.107. The van der Waals surface area contributed by atoms with E-state index in [1.165, 1.54) is 14.2 Å². The third-order valence-electron chi connectivity index (χ3n) is 11.8. The van der Waals surface area contributed by atoms with E-state index >= 15 is 0 Å². The molecule has 4 aromatic carbocycles. The van der Waals surface area contributed by atoms with Gasteiger partial charge < -0.3 is 39.9 Å². The summed E-state index contributed by atoms with van der Waals surface area (Å²) in [7, 11) is 2.57. The molecule has 1 unspecified atom stereocenters. The Bertz CT molecular complexity index is 2530. The molecule has 2 saturated heterocycles. The van der Waals surface area contributed by atoms with Crippen LogP contribution in [0.2, 0.25) is 0 Å². The van der Waals surface area contributed by atoms with Gasteiger partial charge in [-0.2, -0.15) is 0 Å². The van der Waals surface area contributed by atoms with Crippen LogP contribution in [0.25, 0.3) is 44.4 Å². The number of carbonyl (C=O) groups excluding carboxylic acids is 4. The average Bonchev–Trinajstić information content (AvgIpc) is 4.14. The summed E-state index contributed by atoms with van der Waals surface area (Å²) in [6, 6.07) is 28.2. The molecule has 4 N–H and O–H groups in total. The Hall–Kier alpha value is -6.96. The van der Waals surface area contributed by atoms with Gasteiger partial charge in [0, 0.05) is 18.7 Å². The molecule has 2 aliphatic rings. The van der Waals surface area contributed by atoms with E-state index in [9.17, 15) is 19.2 Å². The van der Waals surface area contributed by atoms with Crippen molar-refractivity contribution in [3.8, 4) is 33.6 Å². The molecule has 4 amide bonds. The van der Waals surface area contributed by atoms with Crippen LogP contribution in [0, 0.1) is 5.92 Å². The smallest absolute Gasteiger partial charge is 0.407 e. The number of nitrogens with zero attached hydrogens (tertiary/aromatic N) is 4. The highest BCUT2D eigenvalue weighted by Gasteiger charge is 2.39. The van der Waals surface area contributed by atoms with Crippen molar-refractivity contribution in [2.45, 2.75) is 63.7 Å². The van der Waals surface area contributed by atoms with Crippen molar-refractivity contribution in [1.29, 1.82) is 0 Å². The standard InChI is InChI=1S/C47H50N8O6/c1-28(2)40(52-46(58)60-3)44(56)54-22-8-12-38(54)42-48-26-36(50-42)30-16-14-29(15-17-30)32-18-19-34-25-35(21-20-33(34)24-32)37-27-49-43(51-37)39-13-9-23-55(39)45(57)41(53-47(59)61-4)31-10-6-5-7-11-31/h5-7,10-11,14-21,24-28,38-41H,8-9,12-13,22-23H2,1-4H3,(H,48,50)(H,49,51)(H,52,58)(H,53,59)/t38-,39-,40-,41?/m0/s1. The van der Waals surface area contributed by atoms with E-state index in [4.69, 9.17) is 19.4 Å². The number of aromatic amines is 2. The number of hydrogen-bond acceptors (Lipinski definition) is 8. The molecule has 61 heavy (non-hydrogen) atoms. The summed E-state index contributed by atoms with van der Waals surface area (Å²) in [4.78, 5) is 71.7. The number of carbonyl (C=O) groups is 4.